The molecule has 0 spiro atoms. The molecule has 1 amide bonds. The molecule has 0 aliphatic carbocycles. The number of pyridine rings is 1. The van der Waals surface area contributed by atoms with Gasteiger partial charge in [0.1, 0.15) is 10.5 Å². The second-order valence-corrected chi connectivity index (χ2v) is 6.44. The van der Waals surface area contributed by atoms with E-state index in [9.17, 15) is 9.18 Å². The molecule has 126 valence electrons. The summed E-state index contributed by atoms with van der Waals surface area (Å²) in [5.41, 5.74) is 3.54. The fourth-order valence-electron chi connectivity index (χ4n) is 3.22. The molecule has 0 atom stereocenters. The van der Waals surface area contributed by atoms with Crippen molar-refractivity contribution in [1.29, 1.82) is 0 Å². The highest BCUT2D eigenvalue weighted by molar-refractivity contribution is 7.71. The van der Waals surface area contributed by atoms with Crippen molar-refractivity contribution in [2.24, 2.45) is 0 Å². The van der Waals surface area contributed by atoms with Crippen molar-refractivity contribution >= 4 is 34.6 Å². The number of carbonyl (C=O) groups is 1. The van der Waals surface area contributed by atoms with Crippen LogP contribution in [0.25, 0.3) is 16.5 Å². The SMILES string of the molecule is O=C(c1ccc[nH]c1=S)N1CC=C(c2c[nH]c3cc(F)ccc23)CC1. The van der Waals surface area contributed by atoms with Crippen molar-refractivity contribution in [2.75, 3.05) is 13.1 Å². The van der Waals surface area contributed by atoms with Crippen LogP contribution in [0.2, 0.25) is 0 Å². The Bertz CT molecular complexity index is 1050. The highest BCUT2D eigenvalue weighted by Crippen LogP contribution is 2.30. The number of fused-ring (bicyclic) bond motifs is 1. The van der Waals surface area contributed by atoms with Crippen LogP contribution in [0.4, 0.5) is 4.39 Å². The second-order valence-electron chi connectivity index (χ2n) is 6.04. The fourth-order valence-corrected chi connectivity index (χ4v) is 3.45. The van der Waals surface area contributed by atoms with E-state index in [4.69, 9.17) is 12.2 Å². The van der Waals surface area contributed by atoms with E-state index in [1.165, 1.54) is 17.7 Å². The predicted octanol–water partition coefficient (Wildman–Crippen LogP) is 4.29. The van der Waals surface area contributed by atoms with Crippen LogP contribution in [0.3, 0.4) is 0 Å². The van der Waals surface area contributed by atoms with Gasteiger partial charge in [0.25, 0.3) is 5.91 Å². The van der Waals surface area contributed by atoms with Crippen LogP contribution in [0, 0.1) is 10.5 Å². The zero-order valence-electron chi connectivity index (χ0n) is 13.4. The molecular weight excluding hydrogens is 337 g/mol. The lowest BCUT2D eigenvalue weighted by atomic mass is 9.98. The summed E-state index contributed by atoms with van der Waals surface area (Å²) in [6.07, 6.45) is 6.43. The Labute approximate surface area is 149 Å². The Balaban J connectivity index is 1.59. The van der Waals surface area contributed by atoms with Gasteiger partial charge in [0.15, 0.2) is 0 Å². The molecule has 1 aliphatic rings. The van der Waals surface area contributed by atoms with Gasteiger partial charge in [-0.2, -0.15) is 0 Å². The third-order valence-electron chi connectivity index (χ3n) is 4.53. The largest absolute Gasteiger partial charge is 0.360 e. The first-order valence-corrected chi connectivity index (χ1v) is 8.47. The van der Waals surface area contributed by atoms with Crippen molar-refractivity contribution in [3.63, 3.8) is 0 Å². The van der Waals surface area contributed by atoms with E-state index < -0.39 is 0 Å². The van der Waals surface area contributed by atoms with Crippen molar-refractivity contribution < 1.29 is 9.18 Å². The topological polar surface area (TPSA) is 51.9 Å². The summed E-state index contributed by atoms with van der Waals surface area (Å²) in [5, 5.41) is 0.998. The van der Waals surface area contributed by atoms with Gasteiger partial charge in [-0.25, -0.2) is 4.39 Å². The first-order chi connectivity index (χ1) is 12.1. The number of H-pyrrole nitrogens is 2. The number of hydrogen-bond acceptors (Lipinski definition) is 2. The molecule has 3 heterocycles. The Kier molecular flexibility index (Phi) is 3.97. The lowest BCUT2D eigenvalue weighted by Crippen LogP contribution is -2.34. The minimum atomic E-state index is -0.255. The molecule has 25 heavy (non-hydrogen) atoms. The molecule has 4 rings (SSSR count). The fraction of sp³-hybridized carbons (Fsp3) is 0.158. The molecule has 0 saturated heterocycles. The van der Waals surface area contributed by atoms with Gasteiger partial charge in [0.2, 0.25) is 0 Å². The summed E-state index contributed by atoms with van der Waals surface area (Å²) in [6, 6.07) is 8.27. The van der Waals surface area contributed by atoms with Gasteiger partial charge >= 0.3 is 0 Å². The molecule has 4 nitrogen and oxygen atoms in total. The van der Waals surface area contributed by atoms with E-state index in [-0.39, 0.29) is 11.7 Å². The van der Waals surface area contributed by atoms with Crippen LogP contribution in [-0.4, -0.2) is 33.9 Å². The Morgan fingerprint density at radius 3 is 2.88 bits per heavy atom. The number of carbonyl (C=O) groups excluding carboxylic acids is 1. The van der Waals surface area contributed by atoms with Crippen molar-refractivity contribution in [2.45, 2.75) is 6.42 Å². The lowest BCUT2D eigenvalue weighted by Gasteiger charge is -2.26. The van der Waals surface area contributed by atoms with Crippen molar-refractivity contribution in [3.8, 4) is 0 Å². The van der Waals surface area contributed by atoms with E-state index in [1.807, 2.05) is 6.20 Å². The number of benzene rings is 1. The lowest BCUT2D eigenvalue weighted by molar-refractivity contribution is 0.0772. The van der Waals surface area contributed by atoms with E-state index in [2.05, 4.69) is 16.0 Å². The number of amides is 1. The number of nitrogens with one attached hydrogen (secondary N) is 2. The van der Waals surface area contributed by atoms with Gasteiger partial charge in [-0.1, -0.05) is 18.3 Å². The average Bonchev–Trinajstić information content (AvgIpc) is 3.04. The highest BCUT2D eigenvalue weighted by atomic mass is 32.1. The van der Waals surface area contributed by atoms with Crippen LogP contribution < -0.4 is 0 Å². The molecule has 1 aliphatic heterocycles. The molecule has 1 aromatic carbocycles. The highest BCUT2D eigenvalue weighted by Gasteiger charge is 2.21. The quantitative estimate of drug-likeness (QED) is 0.675. The van der Waals surface area contributed by atoms with Gasteiger partial charge in [-0.3, -0.25) is 4.79 Å². The summed E-state index contributed by atoms with van der Waals surface area (Å²) in [5.74, 6) is -0.312. The second kappa shape index (κ2) is 6.29. The number of nitrogens with zero attached hydrogens (tertiary/aromatic N) is 1. The summed E-state index contributed by atoms with van der Waals surface area (Å²) in [4.78, 5) is 20.4. The van der Waals surface area contributed by atoms with Crippen LogP contribution in [-0.2, 0) is 0 Å². The van der Waals surface area contributed by atoms with Gasteiger partial charge in [-0.05, 0) is 42.3 Å². The predicted molar refractivity (Wildman–Crippen MR) is 98.4 cm³/mol. The maximum absolute atomic E-state index is 13.3. The molecule has 0 unspecified atom stereocenters. The third kappa shape index (κ3) is 2.89. The molecular formula is C19H16FN3OS. The van der Waals surface area contributed by atoms with Crippen molar-refractivity contribution in [3.05, 3.63) is 70.4 Å². The minimum absolute atomic E-state index is 0.0573. The Morgan fingerprint density at radius 2 is 2.12 bits per heavy atom. The molecule has 2 N–H and O–H groups in total. The zero-order chi connectivity index (χ0) is 17.4. The first kappa shape index (κ1) is 15.8. The summed E-state index contributed by atoms with van der Waals surface area (Å²) in [6.45, 7) is 1.16. The summed E-state index contributed by atoms with van der Waals surface area (Å²) >= 11 is 5.20. The molecule has 2 aromatic heterocycles. The number of aromatic nitrogens is 2. The van der Waals surface area contributed by atoms with Crippen molar-refractivity contribution in [1.82, 2.24) is 14.9 Å². The number of hydrogen-bond donors (Lipinski definition) is 2. The van der Waals surface area contributed by atoms with E-state index in [0.29, 0.717) is 23.3 Å². The van der Waals surface area contributed by atoms with Gasteiger partial charge in [-0.15, -0.1) is 0 Å². The molecule has 0 radical (unpaired) electrons. The molecule has 0 saturated carbocycles. The third-order valence-corrected chi connectivity index (χ3v) is 4.87. The van der Waals surface area contributed by atoms with Gasteiger partial charge in [0, 0.05) is 41.9 Å². The summed E-state index contributed by atoms with van der Waals surface area (Å²) < 4.78 is 13.8. The average molecular weight is 353 g/mol. The number of aromatic amines is 2. The smallest absolute Gasteiger partial charge is 0.257 e. The van der Waals surface area contributed by atoms with Crippen LogP contribution in [0.15, 0.2) is 48.8 Å². The standard InChI is InChI=1S/C19H16FN3OS/c20-13-3-4-14-16(11-22-17(14)10-13)12-5-8-23(9-6-12)19(24)15-2-1-7-21-18(15)25/h1-5,7,10-11,22H,6,8-9H2,(H,21,25). The Hall–Kier alpha value is -2.73. The number of rotatable bonds is 2. The van der Waals surface area contributed by atoms with Gasteiger partial charge in [0.05, 0.1) is 5.56 Å². The molecule has 6 heteroatoms. The molecule has 3 aromatic rings. The van der Waals surface area contributed by atoms with E-state index >= 15 is 0 Å². The maximum atomic E-state index is 13.3. The van der Waals surface area contributed by atoms with E-state index in [0.717, 1.165) is 22.9 Å². The van der Waals surface area contributed by atoms with E-state index in [1.54, 1.807) is 29.3 Å². The molecule has 0 fully saturated rings. The number of halogens is 1. The minimum Gasteiger partial charge on any atom is -0.360 e. The molecule has 0 bridgehead atoms. The summed E-state index contributed by atoms with van der Waals surface area (Å²) in [7, 11) is 0. The maximum Gasteiger partial charge on any atom is 0.257 e. The normalized spacial score (nSPS) is 14.6. The van der Waals surface area contributed by atoms with Crippen LogP contribution in [0.1, 0.15) is 22.3 Å². The van der Waals surface area contributed by atoms with Crippen LogP contribution in [0.5, 0.6) is 0 Å². The first-order valence-electron chi connectivity index (χ1n) is 8.06. The van der Waals surface area contributed by atoms with Crippen LogP contribution >= 0.6 is 12.2 Å². The zero-order valence-corrected chi connectivity index (χ0v) is 14.2. The Morgan fingerprint density at radius 1 is 1.24 bits per heavy atom. The monoisotopic (exact) mass is 353 g/mol. The van der Waals surface area contributed by atoms with Gasteiger partial charge < -0.3 is 14.9 Å².